The van der Waals surface area contributed by atoms with E-state index >= 15 is 0 Å². The van der Waals surface area contributed by atoms with Crippen LogP contribution < -0.4 is 15.2 Å². The van der Waals surface area contributed by atoms with Gasteiger partial charge in [0.15, 0.2) is 0 Å². The maximum absolute atomic E-state index is 5.86. The first-order chi connectivity index (χ1) is 7.04. The van der Waals surface area contributed by atoms with Gasteiger partial charge in [-0.2, -0.15) is 0 Å². The standard InChI is InChI=1S/C12H19NO2/c1-8(2)15-12-7-10(14-4)5-6-11(12)9(3)13/h5-9H,13H2,1-4H3. The summed E-state index contributed by atoms with van der Waals surface area (Å²) in [4.78, 5) is 0. The van der Waals surface area contributed by atoms with E-state index < -0.39 is 0 Å². The van der Waals surface area contributed by atoms with Crippen LogP contribution in [0, 0.1) is 0 Å². The first kappa shape index (κ1) is 11.9. The van der Waals surface area contributed by atoms with E-state index in [0.29, 0.717) is 0 Å². The Labute approximate surface area is 91.2 Å². The van der Waals surface area contributed by atoms with Crippen molar-refractivity contribution in [3.8, 4) is 11.5 Å². The second-order valence-electron chi connectivity index (χ2n) is 3.86. The van der Waals surface area contributed by atoms with Crippen LogP contribution in [0.2, 0.25) is 0 Å². The molecule has 1 aromatic carbocycles. The lowest BCUT2D eigenvalue weighted by Gasteiger charge is -2.17. The average molecular weight is 209 g/mol. The Morgan fingerprint density at radius 3 is 2.33 bits per heavy atom. The van der Waals surface area contributed by atoms with E-state index in [9.17, 15) is 0 Å². The molecule has 84 valence electrons. The molecule has 0 aromatic heterocycles. The predicted octanol–water partition coefficient (Wildman–Crippen LogP) is 2.50. The Hall–Kier alpha value is -1.22. The Morgan fingerprint density at radius 1 is 1.20 bits per heavy atom. The van der Waals surface area contributed by atoms with Crippen molar-refractivity contribution in [1.82, 2.24) is 0 Å². The molecule has 0 aliphatic rings. The number of benzene rings is 1. The third-order valence-electron chi connectivity index (χ3n) is 2.07. The zero-order chi connectivity index (χ0) is 11.4. The molecule has 3 nitrogen and oxygen atoms in total. The molecule has 0 aliphatic carbocycles. The van der Waals surface area contributed by atoms with Gasteiger partial charge in [-0.15, -0.1) is 0 Å². The minimum Gasteiger partial charge on any atom is -0.497 e. The van der Waals surface area contributed by atoms with Gasteiger partial charge in [0.1, 0.15) is 11.5 Å². The lowest BCUT2D eigenvalue weighted by molar-refractivity contribution is 0.238. The second kappa shape index (κ2) is 5.03. The van der Waals surface area contributed by atoms with E-state index in [0.717, 1.165) is 17.1 Å². The van der Waals surface area contributed by atoms with Gasteiger partial charge < -0.3 is 15.2 Å². The molecular formula is C12H19NO2. The molecule has 1 rings (SSSR count). The third kappa shape index (κ3) is 3.13. The fourth-order valence-corrected chi connectivity index (χ4v) is 1.37. The quantitative estimate of drug-likeness (QED) is 0.828. The molecule has 1 unspecified atom stereocenters. The van der Waals surface area contributed by atoms with Gasteiger partial charge >= 0.3 is 0 Å². The highest BCUT2D eigenvalue weighted by atomic mass is 16.5. The molecule has 1 atom stereocenters. The van der Waals surface area contributed by atoms with E-state index in [1.807, 2.05) is 39.0 Å². The van der Waals surface area contributed by atoms with Gasteiger partial charge in [-0.3, -0.25) is 0 Å². The van der Waals surface area contributed by atoms with Crippen LogP contribution in [0.1, 0.15) is 32.4 Å². The molecule has 0 bridgehead atoms. The number of rotatable bonds is 4. The minimum atomic E-state index is -0.0374. The van der Waals surface area contributed by atoms with E-state index in [2.05, 4.69) is 0 Å². The highest BCUT2D eigenvalue weighted by Gasteiger charge is 2.10. The fraction of sp³-hybridized carbons (Fsp3) is 0.500. The van der Waals surface area contributed by atoms with Gasteiger partial charge in [-0.05, 0) is 26.8 Å². The smallest absolute Gasteiger partial charge is 0.128 e. The first-order valence-electron chi connectivity index (χ1n) is 5.14. The van der Waals surface area contributed by atoms with Crippen LogP contribution in [0.15, 0.2) is 18.2 Å². The van der Waals surface area contributed by atoms with Crippen molar-refractivity contribution in [2.45, 2.75) is 32.9 Å². The van der Waals surface area contributed by atoms with Gasteiger partial charge in [0.25, 0.3) is 0 Å². The van der Waals surface area contributed by atoms with E-state index in [-0.39, 0.29) is 12.1 Å². The molecule has 0 saturated heterocycles. The van der Waals surface area contributed by atoms with Crippen molar-refractivity contribution >= 4 is 0 Å². The maximum atomic E-state index is 5.86. The van der Waals surface area contributed by atoms with Crippen molar-refractivity contribution in [1.29, 1.82) is 0 Å². The molecule has 0 aliphatic heterocycles. The number of hydrogen-bond donors (Lipinski definition) is 1. The van der Waals surface area contributed by atoms with Crippen molar-refractivity contribution < 1.29 is 9.47 Å². The van der Waals surface area contributed by atoms with Gasteiger partial charge in [-0.25, -0.2) is 0 Å². The Kier molecular flexibility index (Phi) is 3.97. The summed E-state index contributed by atoms with van der Waals surface area (Å²) in [6.45, 7) is 5.92. The zero-order valence-electron chi connectivity index (χ0n) is 9.78. The van der Waals surface area contributed by atoms with Crippen molar-refractivity contribution in [2.24, 2.45) is 5.73 Å². The van der Waals surface area contributed by atoms with Gasteiger partial charge in [-0.1, -0.05) is 6.07 Å². The minimum absolute atomic E-state index is 0.0374. The molecule has 1 aromatic rings. The Morgan fingerprint density at radius 2 is 1.87 bits per heavy atom. The van der Waals surface area contributed by atoms with Crippen LogP contribution in [0.25, 0.3) is 0 Å². The van der Waals surface area contributed by atoms with Crippen LogP contribution in [-0.4, -0.2) is 13.2 Å². The molecule has 0 heterocycles. The van der Waals surface area contributed by atoms with Crippen molar-refractivity contribution in [3.63, 3.8) is 0 Å². The average Bonchev–Trinajstić information content (AvgIpc) is 2.16. The van der Waals surface area contributed by atoms with Crippen LogP contribution in [0.5, 0.6) is 11.5 Å². The number of ether oxygens (including phenoxy) is 2. The maximum Gasteiger partial charge on any atom is 0.128 e. The molecule has 0 fully saturated rings. The molecule has 0 saturated carbocycles. The lowest BCUT2D eigenvalue weighted by Crippen LogP contribution is -2.12. The molecule has 0 amide bonds. The highest BCUT2D eigenvalue weighted by Crippen LogP contribution is 2.29. The summed E-state index contributed by atoms with van der Waals surface area (Å²) >= 11 is 0. The monoisotopic (exact) mass is 209 g/mol. The highest BCUT2D eigenvalue weighted by molar-refractivity contribution is 5.42. The first-order valence-corrected chi connectivity index (χ1v) is 5.14. The van der Waals surface area contributed by atoms with Crippen LogP contribution in [0.4, 0.5) is 0 Å². The normalized spacial score (nSPS) is 12.7. The Balaban J connectivity index is 3.05. The summed E-state index contributed by atoms with van der Waals surface area (Å²) in [5, 5.41) is 0. The van der Waals surface area contributed by atoms with Gasteiger partial charge in [0.05, 0.1) is 13.2 Å². The summed E-state index contributed by atoms with van der Waals surface area (Å²) in [5.74, 6) is 1.59. The summed E-state index contributed by atoms with van der Waals surface area (Å²) in [7, 11) is 1.64. The van der Waals surface area contributed by atoms with E-state index in [4.69, 9.17) is 15.2 Å². The number of hydrogen-bond acceptors (Lipinski definition) is 3. The van der Waals surface area contributed by atoms with E-state index in [1.54, 1.807) is 7.11 Å². The SMILES string of the molecule is COc1ccc(C(C)N)c(OC(C)C)c1. The summed E-state index contributed by atoms with van der Waals surface area (Å²) in [6.07, 6.45) is 0.134. The molecule has 0 spiro atoms. The second-order valence-corrected chi connectivity index (χ2v) is 3.86. The van der Waals surface area contributed by atoms with Crippen molar-refractivity contribution in [2.75, 3.05) is 7.11 Å². The van der Waals surface area contributed by atoms with Gasteiger partial charge in [0, 0.05) is 17.7 Å². The van der Waals surface area contributed by atoms with Gasteiger partial charge in [0.2, 0.25) is 0 Å². The third-order valence-corrected chi connectivity index (χ3v) is 2.07. The molecule has 0 radical (unpaired) electrons. The summed E-state index contributed by atoms with van der Waals surface area (Å²) in [6, 6.07) is 5.68. The molecule has 3 heteroatoms. The van der Waals surface area contributed by atoms with Crippen LogP contribution in [0.3, 0.4) is 0 Å². The summed E-state index contributed by atoms with van der Waals surface area (Å²) < 4.78 is 10.8. The summed E-state index contributed by atoms with van der Waals surface area (Å²) in [5.41, 5.74) is 6.87. The Bertz CT molecular complexity index is 321. The van der Waals surface area contributed by atoms with E-state index in [1.165, 1.54) is 0 Å². The largest absolute Gasteiger partial charge is 0.497 e. The fourth-order valence-electron chi connectivity index (χ4n) is 1.37. The zero-order valence-corrected chi connectivity index (χ0v) is 9.78. The van der Waals surface area contributed by atoms with Crippen LogP contribution >= 0.6 is 0 Å². The lowest BCUT2D eigenvalue weighted by atomic mass is 10.1. The van der Waals surface area contributed by atoms with Crippen LogP contribution in [-0.2, 0) is 0 Å². The topological polar surface area (TPSA) is 44.5 Å². The number of methoxy groups -OCH3 is 1. The predicted molar refractivity (Wildman–Crippen MR) is 61.4 cm³/mol. The van der Waals surface area contributed by atoms with Crippen molar-refractivity contribution in [3.05, 3.63) is 23.8 Å². The molecule has 2 N–H and O–H groups in total. The molecular weight excluding hydrogens is 190 g/mol. The number of nitrogens with two attached hydrogens (primary N) is 1. The molecule has 15 heavy (non-hydrogen) atoms.